The van der Waals surface area contributed by atoms with Crippen LogP contribution >= 0.6 is 0 Å². The molecule has 2 aromatic heterocycles. The van der Waals surface area contributed by atoms with Gasteiger partial charge in [0.2, 0.25) is 11.9 Å². The number of ether oxygens (including phenoxy) is 1. The van der Waals surface area contributed by atoms with Crippen LogP contribution < -0.4 is 10.2 Å². The molecule has 1 atom stereocenters. The van der Waals surface area contributed by atoms with Gasteiger partial charge in [-0.25, -0.2) is 9.97 Å². The number of aryl methyl sites for hydroxylation is 2. The lowest BCUT2D eigenvalue weighted by Crippen LogP contribution is -2.48. The van der Waals surface area contributed by atoms with E-state index in [1.807, 2.05) is 30.2 Å². The van der Waals surface area contributed by atoms with E-state index >= 15 is 0 Å². The van der Waals surface area contributed by atoms with Crippen molar-refractivity contribution in [2.45, 2.75) is 51.8 Å². The molecule has 144 valence electrons. The van der Waals surface area contributed by atoms with Gasteiger partial charge < -0.3 is 15.0 Å². The smallest absolute Gasteiger partial charge is 0.225 e. The van der Waals surface area contributed by atoms with E-state index in [1.54, 1.807) is 0 Å². The van der Waals surface area contributed by atoms with Gasteiger partial charge in [-0.05, 0) is 25.3 Å². The molecule has 2 aromatic rings. The van der Waals surface area contributed by atoms with E-state index in [4.69, 9.17) is 9.72 Å². The minimum Gasteiger partial charge on any atom is -0.376 e. The molecular formula is C19H26N6O2. The highest BCUT2D eigenvalue weighted by molar-refractivity contribution is 5.76. The fraction of sp³-hybridized carbons (Fsp3) is 0.579. The van der Waals surface area contributed by atoms with Crippen LogP contribution in [-0.4, -0.2) is 51.4 Å². The summed E-state index contributed by atoms with van der Waals surface area (Å²) < 4.78 is 7.26. The molecule has 0 aromatic carbocycles. The van der Waals surface area contributed by atoms with E-state index in [-0.39, 0.29) is 11.9 Å². The van der Waals surface area contributed by atoms with Crippen LogP contribution in [-0.2, 0) is 29.1 Å². The van der Waals surface area contributed by atoms with Crippen molar-refractivity contribution >= 4 is 11.9 Å². The fourth-order valence-electron chi connectivity index (χ4n) is 3.65. The number of anilines is 1. The second-order valence-corrected chi connectivity index (χ2v) is 7.33. The zero-order valence-electron chi connectivity index (χ0n) is 15.7. The lowest BCUT2D eigenvalue weighted by atomic mass is 10.1. The predicted molar refractivity (Wildman–Crippen MR) is 100 cm³/mol. The number of aromatic nitrogens is 4. The molecule has 2 aliphatic rings. The van der Waals surface area contributed by atoms with Gasteiger partial charge in [-0.15, -0.1) is 0 Å². The second-order valence-electron chi connectivity index (χ2n) is 7.33. The number of rotatable bonds is 5. The van der Waals surface area contributed by atoms with Gasteiger partial charge in [0.1, 0.15) is 0 Å². The van der Waals surface area contributed by atoms with Crippen molar-refractivity contribution in [1.29, 1.82) is 0 Å². The van der Waals surface area contributed by atoms with Crippen molar-refractivity contribution in [2.24, 2.45) is 0 Å². The van der Waals surface area contributed by atoms with Crippen molar-refractivity contribution in [3.05, 3.63) is 35.4 Å². The maximum atomic E-state index is 12.3. The van der Waals surface area contributed by atoms with E-state index < -0.39 is 0 Å². The Morgan fingerprint density at radius 2 is 2.33 bits per heavy atom. The summed E-state index contributed by atoms with van der Waals surface area (Å²) in [4.78, 5) is 23.7. The van der Waals surface area contributed by atoms with Gasteiger partial charge in [-0.3, -0.25) is 9.48 Å². The lowest BCUT2D eigenvalue weighted by Gasteiger charge is -2.33. The third-order valence-electron chi connectivity index (χ3n) is 5.08. The van der Waals surface area contributed by atoms with Gasteiger partial charge in [0.25, 0.3) is 0 Å². The first-order valence-electron chi connectivity index (χ1n) is 9.63. The van der Waals surface area contributed by atoms with Crippen LogP contribution in [0.1, 0.15) is 36.1 Å². The second kappa shape index (κ2) is 8.04. The average Bonchev–Trinajstić information content (AvgIpc) is 3.11. The molecule has 0 unspecified atom stereocenters. The molecule has 4 rings (SSSR count). The van der Waals surface area contributed by atoms with Gasteiger partial charge in [-0.2, -0.15) is 5.10 Å². The average molecular weight is 370 g/mol. The topological polar surface area (TPSA) is 85.2 Å². The van der Waals surface area contributed by atoms with E-state index in [0.717, 1.165) is 61.7 Å². The number of hydrogen-bond donors (Lipinski definition) is 1. The van der Waals surface area contributed by atoms with Gasteiger partial charge in [-0.1, -0.05) is 0 Å². The van der Waals surface area contributed by atoms with E-state index in [1.165, 1.54) is 0 Å². The number of carbonyl (C=O) groups is 1. The summed E-state index contributed by atoms with van der Waals surface area (Å²) in [7, 11) is 0. The molecule has 0 saturated carbocycles. The molecule has 4 heterocycles. The Kier molecular flexibility index (Phi) is 5.33. The largest absolute Gasteiger partial charge is 0.376 e. The van der Waals surface area contributed by atoms with Crippen molar-refractivity contribution in [2.75, 3.05) is 24.6 Å². The highest BCUT2D eigenvalue weighted by Crippen LogP contribution is 2.20. The molecule has 0 aliphatic carbocycles. The quantitative estimate of drug-likeness (QED) is 0.852. The molecule has 0 radical (unpaired) electrons. The summed E-state index contributed by atoms with van der Waals surface area (Å²) in [5.74, 6) is 0.833. The van der Waals surface area contributed by atoms with E-state index in [9.17, 15) is 4.79 Å². The summed E-state index contributed by atoms with van der Waals surface area (Å²) in [5, 5.41) is 7.39. The van der Waals surface area contributed by atoms with Crippen LogP contribution in [0.15, 0.2) is 18.6 Å². The maximum absolute atomic E-state index is 12.3. The van der Waals surface area contributed by atoms with Crippen molar-refractivity contribution in [3.8, 4) is 0 Å². The lowest BCUT2D eigenvalue weighted by molar-refractivity contribution is -0.122. The fourth-order valence-corrected chi connectivity index (χ4v) is 3.65. The molecule has 1 N–H and O–H groups in total. The number of hydrogen-bond acceptors (Lipinski definition) is 6. The van der Waals surface area contributed by atoms with Crippen LogP contribution in [0.2, 0.25) is 0 Å². The van der Waals surface area contributed by atoms with Gasteiger partial charge >= 0.3 is 0 Å². The maximum Gasteiger partial charge on any atom is 0.225 e. The third-order valence-corrected chi connectivity index (χ3v) is 5.08. The molecule has 1 amide bonds. The zero-order chi connectivity index (χ0) is 18.6. The molecule has 2 aliphatic heterocycles. The van der Waals surface area contributed by atoms with Crippen molar-refractivity contribution < 1.29 is 9.53 Å². The molecule has 8 heteroatoms. The summed E-state index contributed by atoms with van der Waals surface area (Å²) in [6.07, 6.45) is 8.92. The molecule has 1 fully saturated rings. The van der Waals surface area contributed by atoms with Crippen LogP contribution in [0.4, 0.5) is 5.95 Å². The minimum absolute atomic E-state index is 0.0681. The minimum atomic E-state index is 0.0681. The molecular weight excluding hydrogens is 344 g/mol. The summed E-state index contributed by atoms with van der Waals surface area (Å²) in [5.41, 5.74) is 3.28. The van der Waals surface area contributed by atoms with Crippen LogP contribution in [0, 0.1) is 6.92 Å². The van der Waals surface area contributed by atoms with E-state index in [0.29, 0.717) is 19.6 Å². The number of nitrogens with zero attached hydrogens (tertiary/aromatic N) is 5. The number of amides is 1. The molecule has 0 spiro atoms. The van der Waals surface area contributed by atoms with Crippen molar-refractivity contribution in [1.82, 2.24) is 25.1 Å². The Bertz CT molecular complexity index is 805. The summed E-state index contributed by atoms with van der Waals surface area (Å²) in [6.45, 7) is 5.60. The van der Waals surface area contributed by atoms with Crippen LogP contribution in [0.25, 0.3) is 0 Å². The Morgan fingerprint density at radius 3 is 3.19 bits per heavy atom. The Morgan fingerprint density at radius 1 is 1.41 bits per heavy atom. The monoisotopic (exact) mass is 370 g/mol. The first-order chi connectivity index (χ1) is 13.2. The first-order valence-corrected chi connectivity index (χ1v) is 9.63. The number of carbonyl (C=O) groups excluding carboxylic acids is 1. The predicted octanol–water partition coefficient (Wildman–Crippen LogP) is 1.23. The SMILES string of the molecule is Cc1cnn(CCC(=O)N[C@H]2CCCN(c3ncc4c(n3)CCOC4)C2)c1. The Hall–Kier alpha value is -2.48. The van der Waals surface area contributed by atoms with Gasteiger partial charge in [0.15, 0.2) is 0 Å². The number of nitrogens with one attached hydrogen (secondary N) is 1. The Balaban J connectivity index is 1.32. The van der Waals surface area contributed by atoms with E-state index in [2.05, 4.69) is 20.3 Å². The number of fused-ring (bicyclic) bond motifs is 1. The molecule has 27 heavy (non-hydrogen) atoms. The van der Waals surface area contributed by atoms with Crippen LogP contribution in [0.3, 0.4) is 0 Å². The van der Waals surface area contributed by atoms with Gasteiger partial charge in [0.05, 0.1) is 25.1 Å². The van der Waals surface area contributed by atoms with Crippen molar-refractivity contribution in [3.63, 3.8) is 0 Å². The molecule has 0 bridgehead atoms. The zero-order valence-corrected chi connectivity index (χ0v) is 15.7. The summed E-state index contributed by atoms with van der Waals surface area (Å²) >= 11 is 0. The highest BCUT2D eigenvalue weighted by atomic mass is 16.5. The standard InChI is InChI=1S/C19H26N6O2/c1-14-9-21-25(11-14)7-4-18(26)22-16-3-2-6-24(12-16)19-20-10-15-13-27-8-5-17(15)23-19/h9-11,16H,2-8,12-13H2,1H3,(H,22,26)/t16-/m0/s1. The number of piperidine rings is 1. The normalized spacial score (nSPS) is 19.6. The highest BCUT2D eigenvalue weighted by Gasteiger charge is 2.24. The Labute approximate surface area is 158 Å². The summed E-state index contributed by atoms with van der Waals surface area (Å²) in [6, 6.07) is 0.133. The molecule has 8 nitrogen and oxygen atoms in total. The van der Waals surface area contributed by atoms with Gasteiger partial charge in [0, 0.05) is 56.5 Å². The molecule has 1 saturated heterocycles. The third kappa shape index (κ3) is 4.44. The first kappa shape index (κ1) is 17.9. The van der Waals surface area contributed by atoms with Crippen LogP contribution in [0.5, 0.6) is 0 Å².